The summed E-state index contributed by atoms with van der Waals surface area (Å²) in [6.45, 7) is 2.32. The van der Waals surface area contributed by atoms with E-state index in [1.807, 2.05) is 49.4 Å². The summed E-state index contributed by atoms with van der Waals surface area (Å²) in [7, 11) is 0. The SMILES string of the molecule is Cc1cccc(C(=O)Nc2ccc(C(=O)NNC(=S)NC(=O)c3ccccc3OCCc3ccccc3)cc2)c1. The maximum atomic E-state index is 12.8. The minimum Gasteiger partial charge on any atom is -0.492 e. The highest BCUT2D eigenvalue weighted by molar-refractivity contribution is 7.80. The van der Waals surface area contributed by atoms with Gasteiger partial charge < -0.3 is 10.1 Å². The number of hydrogen-bond acceptors (Lipinski definition) is 5. The Balaban J connectivity index is 1.25. The largest absolute Gasteiger partial charge is 0.492 e. The zero-order valence-electron chi connectivity index (χ0n) is 21.8. The maximum absolute atomic E-state index is 12.8. The van der Waals surface area contributed by atoms with Gasteiger partial charge in [-0.3, -0.25) is 30.6 Å². The second-order valence-electron chi connectivity index (χ2n) is 8.84. The van der Waals surface area contributed by atoms with Gasteiger partial charge in [-0.15, -0.1) is 0 Å². The minimum atomic E-state index is -0.476. The van der Waals surface area contributed by atoms with Crippen molar-refractivity contribution in [2.24, 2.45) is 0 Å². The van der Waals surface area contributed by atoms with Crippen LogP contribution >= 0.6 is 12.2 Å². The maximum Gasteiger partial charge on any atom is 0.269 e. The second-order valence-corrected chi connectivity index (χ2v) is 9.25. The fourth-order valence-electron chi connectivity index (χ4n) is 3.79. The molecule has 4 aromatic carbocycles. The Morgan fingerprint density at radius 2 is 1.45 bits per heavy atom. The van der Waals surface area contributed by atoms with Crippen LogP contribution in [-0.4, -0.2) is 29.4 Å². The van der Waals surface area contributed by atoms with Crippen molar-refractivity contribution in [2.45, 2.75) is 13.3 Å². The lowest BCUT2D eigenvalue weighted by Gasteiger charge is -2.14. The zero-order chi connectivity index (χ0) is 28.3. The number of hydrazine groups is 1. The normalized spacial score (nSPS) is 10.2. The number of benzene rings is 4. The number of carbonyl (C=O) groups is 3. The average molecular weight is 553 g/mol. The molecule has 0 unspecified atom stereocenters. The van der Waals surface area contributed by atoms with Crippen LogP contribution in [0.3, 0.4) is 0 Å². The number of anilines is 1. The van der Waals surface area contributed by atoms with E-state index in [4.69, 9.17) is 17.0 Å². The number of aryl methyl sites for hydroxylation is 1. The number of nitrogens with one attached hydrogen (secondary N) is 4. The summed E-state index contributed by atoms with van der Waals surface area (Å²) in [6, 6.07) is 30.4. The molecule has 0 aliphatic rings. The molecule has 40 heavy (non-hydrogen) atoms. The first-order valence-corrected chi connectivity index (χ1v) is 13.0. The van der Waals surface area contributed by atoms with Gasteiger partial charge in [0.15, 0.2) is 5.11 Å². The van der Waals surface area contributed by atoms with Crippen molar-refractivity contribution in [3.63, 3.8) is 0 Å². The van der Waals surface area contributed by atoms with Crippen molar-refractivity contribution < 1.29 is 19.1 Å². The summed E-state index contributed by atoms with van der Waals surface area (Å²) in [5.41, 5.74) is 8.83. The van der Waals surface area contributed by atoms with Crippen LogP contribution in [0.2, 0.25) is 0 Å². The first-order chi connectivity index (χ1) is 19.4. The monoisotopic (exact) mass is 552 g/mol. The van der Waals surface area contributed by atoms with Crippen LogP contribution in [0.4, 0.5) is 5.69 Å². The zero-order valence-corrected chi connectivity index (χ0v) is 22.6. The summed E-state index contributed by atoms with van der Waals surface area (Å²) in [5, 5.41) is 5.26. The third kappa shape index (κ3) is 7.99. The van der Waals surface area contributed by atoms with E-state index in [9.17, 15) is 14.4 Å². The van der Waals surface area contributed by atoms with Gasteiger partial charge in [0.2, 0.25) is 0 Å². The van der Waals surface area contributed by atoms with Gasteiger partial charge in [-0.05, 0) is 73.2 Å². The summed E-state index contributed by atoms with van der Waals surface area (Å²) in [5.74, 6) is -0.766. The van der Waals surface area contributed by atoms with Crippen LogP contribution in [0.25, 0.3) is 0 Å². The Morgan fingerprint density at radius 3 is 2.20 bits per heavy atom. The quantitative estimate of drug-likeness (QED) is 0.184. The van der Waals surface area contributed by atoms with E-state index in [1.54, 1.807) is 60.7 Å². The molecule has 0 saturated carbocycles. The minimum absolute atomic E-state index is 0.0838. The third-order valence-electron chi connectivity index (χ3n) is 5.82. The molecule has 0 spiro atoms. The lowest BCUT2D eigenvalue weighted by atomic mass is 10.1. The molecule has 9 heteroatoms. The van der Waals surface area contributed by atoms with Gasteiger partial charge in [-0.1, -0.05) is 60.2 Å². The standard InChI is InChI=1S/C31H28N4O4S/c1-21-8-7-11-24(20-21)28(36)32-25-16-14-23(15-17-25)29(37)34-35-31(40)33-30(38)26-12-5-6-13-27(26)39-19-18-22-9-3-2-4-10-22/h2-17,20H,18-19H2,1H3,(H,32,36)(H,34,37)(H2,33,35,38,40). The molecule has 0 saturated heterocycles. The van der Waals surface area contributed by atoms with Gasteiger partial charge in [-0.25, -0.2) is 0 Å². The molecular weight excluding hydrogens is 524 g/mol. The summed E-state index contributed by atoms with van der Waals surface area (Å²) >= 11 is 5.17. The van der Waals surface area contributed by atoms with E-state index >= 15 is 0 Å². The van der Waals surface area contributed by atoms with E-state index in [2.05, 4.69) is 21.5 Å². The molecule has 202 valence electrons. The number of ether oxygens (including phenoxy) is 1. The fourth-order valence-corrected chi connectivity index (χ4v) is 3.93. The van der Waals surface area contributed by atoms with Crippen molar-refractivity contribution >= 4 is 40.7 Å². The molecule has 0 aromatic heterocycles. The molecule has 4 N–H and O–H groups in total. The number of hydrogen-bond donors (Lipinski definition) is 4. The van der Waals surface area contributed by atoms with E-state index in [0.29, 0.717) is 41.2 Å². The molecule has 0 aliphatic heterocycles. The molecule has 0 atom stereocenters. The van der Waals surface area contributed by atoms with Crippen LogP contribution in [0.1, 0.15) is 42.2 Å². The van der Waals surface area contributed by atoms with Crippen molar-refractivity contribution in [3.8, 4) is 5.75 Å². The van der Waals surface area contributed by atoms with Gasteiger partial charge in [0, 0.05) is 23.2 Å². The average Bonchev–Trinajstić information content (AvgIpc) is 2.97. The number of para-hydroxylation sites is 1. The molecule has 4 rings (SSSR count). The highest BCUT2D eigenvalue weighted by atomic mass is 32.1. The highest BCUT2D eigenvalue weighted by Gasteiger charge is 2.14. The van der Waals surface area contributed by atoms with Gasteiger partial charge >= 0.3 is 0 Å². The van der Waals surface area contributed by atoms with Crippen LogP contribution in [0.15, 0.2) is 103 Å². The molecule has 0 bridgehead atoms. The van der Waals surface area contributed by atoms with Crippen molar-refractivity contribution in [1.82, 2.24) is 16.2 Å². The van der Waals surface area contributed by atoms with Crippen molar-refractivity contribution in [1.29, 1.82) is 0 Å². The molecule has 3 amide bonds. The van der Waals surface area contributed by atoms with E-state index < -0.39 is 11.8 Å². The molecule has 8 nitrogen and oxygen atoms in total. The predicted molar refractivity (Wildman–Crippen MR) is 158 cm³/mol. The van der Waals surface area contributed by atoms with Gasteiger partial charge in [0.1, 0.15) is 5.75 Å². The van der Waals surface area contributed by atoms with Gasteiger partial charge in [0.25, 0.3) is 17.7 Å². The molecule has 4 aromatic rings. The molecule has 0 radical (unpaired) electrons. The molecular formula is C31H28N4O4S. The predicted octanol–water partition coefficient (Wildman–Crippen LogP) is 4.82. The fraction of sp³-hybridized carbons (Fsp3) is 0.0968. The smallest absolute Gasteiger partial charge is 0.269 e. The van der Waals surface area contributed by atoms with Gasteiger partial charge in [0.05, 0.1) is 12.2 Å². The van der Waals surface area contributed by atoms with Crippen LogP contribution in [-0.2, 0) is 6.42 Å². The number of carbonyl (C=O) groups excluding carboxylic acids is 3. The molecule has 0 fully saturated rings. The Morgan fingerprint density at radius 1 is 0.725 bits per heavy atom. The van der Waals surface area contributed by atoms with E-state index in [0.717, 1.165) is 11.1 Å². The number of amides is 3. The first kappa shape index (κ1) is 28.0. The van der Waals surface area contributed by atoms with Crippen LogP contribution in [0.5, 0.6) is 5.75 Å². The Bertz CT molecular complexity index is 1510. The number of rotatable bonds is 8. The van der Waals surface area contributed by atoms with E-state index in [-0.39, 0.29) is 11.0 Å². The molecule has 0 heterocycles. The lowest BCUT2D eigenvalue weighted by molar-refractivity contribution is 0.0933. The Labute approximate surface area is 237 Å². The number of thiocarbonyl (C=S) groups is 1. The molecule has 0 aliphatic carbocycles. The summed E-state index contributed by atoms with van der Waals surface area (Å²) in [4.78, 5) is 37.8. The Kier molecular flexibility index (Phi) is 9.58. The topological polar surface area (TPSA) is 109 Å². The van der Waals surface area contributed by atoms with Crippen molar-refractivity contribution in [2.75, 3.05) is 11.9 Å². The second kappa shape index (κ2) is 13.7. The van der Waals surface area contributed by atoms with Crippen LogP contribution < -0.4 is 26.2 Å². The van der Waals surface area contributed by atoms with Crippen LogP contribution in [0, 0.1) is 6.92 Å². The Hall–Kier alpha value is -5.02. The highest BCUT2D eigenvalue weighted by Crippen LogP contribution is 2.18. The van der Waals surface area contributed by atoms with Gasteiger partial charge in [-0.2, -0.15) is 0 Å². The first-order valence-electron chi connectivity index (χ1n) is 12.5. The summed E-state index contributed by atoms with van der Waals surface area (Å²) < 4.78 is 5.84. The lowest BCUT2D eigenvalue weighted by Crippen LogP contribution is -2.48. The van der Waals surface area contributed by atoms with Crippen molar-refractivity contribution in [3.05, 3.63) is 131 Å². The summed E-state index contributed by atoms with van der Waals surface area (Å²) in [6.07, 6.45) is 0.697. The third-order valence-corrected chi connectivity index (χ3v) is 6.03. The van der Waals surface area contributed by atoms with E-state index in [1.165, 1.54) is 0 Å².